The van der Waals surface area contributed by atoms with Crippen molar-refractivity contribution in [3.8, 4) is 0 Å². The molecule has 2 heterocycles. The number of halogens is 1. The van der Waals surface area contributed by atoms with E-state index in [-0.39, 0.29) is 24.2 Å². The third-order valence-electron chi connectivity index (χ3n) is 4.22. The average molecular weight is 426 g/mol. The van der Waals surface area contributed by atoms with E-state index in [1.807, 2.05) is 17.5 Å². The standard InChI is InChI=1S/C19H23N3O2S2.ClH/c23-17(13-26-18-4-2-10-25-18)22-16-7-5-15(6-8-16)19(24)21-12-14-3-1-9-20-11-14;/h2,4-8,10,14,20H,1,3,9,11-13H2,(H,21,24)(H,22,23);1H. The monoisotopic (exact) mass is 425 g/mol. The highest BCUT2D eigenvalue weighted by molar-refractivity contribution is 8.01. The summed E-state index contributed by atoms with van der Waals surface area (Å²) in [6.07, 6.45) is 2.32. The van der Waals surface area contributed by atoms with Crippen LogP contribution < -0.4 is 16.0 Å². The molecule has 1 saturated heterocycles. The quantitative estimate of drug-likeness (QED) is 0.592. The Morgan fingerprint density at radius 1 is 1.22 bits per heavy atom. The highest BCUT2D eigenvalue weighted by atomic mass is 35.5. The summed E-state index contributed by atoms with van der Waals surface area (Å²) in [7, 11) is 0. The van der Waals surface area contributed by atoms with Crippen molar-refractivity contribution in [3.63, 3.8) is 0 Å². The lowest BCUT2D eigenvalue weighted by atomic mass is 9.99. The molecular formula is C19H24ClN3O2S2. The highest BCUT2D eigenvalue weighted by Gasteiger charge is 2.14. The molecule has 0 aliphatic carbocycles. The van der Waals surface area contributed by atoms with Gasteiger partial charge in [-0.05, 0) is 67.6 Å². The molecule has 1 fully saturated rings. The molecule has 8 heteroatoms. The van der Waals surface area contributed by atoms with Crippen molar-refractivity contribution in [1.82, 2.24) is 10.6 Å². The maximum absolute atomic E-state index is 12.2. The second kappa shape index (κ2) is 11.3. The van der Waals surface area contributed by atoms with E-state index in [0.29, 0.717) is 29.5 Å². The summed E-state index contributed by atoms with van der Waals surface area (Å²) < 4.78 is 1.13. The normalized spacial score (nSPS) is 16.2. The maximum Gasteiger partial charge on any atom is 0.251 e. The smallest absolute Gasteiger partial charge is 0.251 e. The molecule has 3 N–H and O–H groups in total. The fourth-order valence-corrected chi connectivity index (χ4v) is 4.41. The second-order valence-electron chi connectivity index (χ2n) is 6.27. The summed E-state index contributed by atoms with van der Waals surface area (Å²) in [6, 6.07) is 11.0. The predicted octanol–water partition coefficient (Wildman–Crippen LogP) is 3.63. The Bertz CT molecular complexity index is 717. The fraction of sp³-hybridized carbons (Fsp3) is 0.368. The first-order valence-electron chi connectivity index (χ1n) is 8.76. The van der Waals surface area contributed by atoms with Crippen LogP contribution in [0.2, 0.25) is 0 Å². The lowest BCUT2D eigenvalue weighted by molar-refractivity contribution is -0.113. The molecule has 0 saturated carbocycles. The zero-order chi connectivity index (χ0) is 18.2. The molecule has 27 heavy (non-hydrogen) atoms. The van der Waals surface area contributed by atoms with Gasteiger partial charge in [0.05, 0.1) is 9.96 Å². The Balaban J connectivity index is 0.00000261. The van der Waals surface area contributed by atoms with E-state index in [2.05, 4.69) is 16.0 Å². The van der Waals surface area contributed by atoms with Crippen LogP contribution in [0.4, 0.5) is 5.69 Å². The zero-order valence-electron chi connectivity index (χ0n) is 14.9. The average Bonchev–Trinajstić information content (AvgIpc) is 3.19. The van der Waals surface area contributed by atoms with Gasteiger partial charge in [-0.15, -0.1) is 35.5 Å². The van der Waals surface area contributed by atoms with Gasteiger partial charge in [-0.25, -0.2) is 0 Å². The van der Waals surface area contributed by atoms with E-state index in [9.17, 15) is 9.59 Å². The predicted molar refractivity (Wildman–Crippen MR) is 115 cm³/mol. The van der Waals surface area contributed by atoms with Gasteiger partial charge in [0.15, 0.2) is 0 Å². The molecule has 0 bridgehead atoms. The van der Waals surface area contributed by atoms with Gasteiger partial charge in [0.1, 0.15) is 0 Å². The number of piperidine rings is 1. The summed E-state index contributed by atoms with van der Waals surface area (Å²) >= 11 is 3.15. The van der Waals surface area contributed by atoms with Crippen LogP contribution >= 0.6 is 35.5 Å². The Morgan fingerprint density at radius 2 is 2.04 bits per heavy atom. The third-order valence-corrected chi connectivity index (χ3v) is 6.35. The van der Waals surface area contributed by atoms with Crippen molar-refractivity contribution < 1.29 is 9.59 Å². The zero-order valence-corrected chi connectivity index (χ0v) is 17.4. The van der Waals surface area contributed by atoms with Crippen LogP contribution in [0, 0.1) is 5.92 Å². The van der Waals surface area contributed by atoms with Gasteiger partial charge in [0, 0.05) is 17.8 Å². The first-order chi connectivity index (χ1) is 12.7. The Kier molecular flexibility index (Phi) is 9.14. The number of nitrogens with one attached hydrogen (secondary N) is 3. The van der Waals surface area contributed by atoms with Gasteiger partial charge in [0.2, 0.25) is 5.91 Å². The summed E-state index contributed by atoms with van der Waals surface area (Å²) in [4.78, 5) is 24.2. The number of amides is 2. The maximum atomic E-state index is 12.2. The second-order valence-corrected chi connectivity index (χ2v) is 8.49. The number of carbonyl (C=O) groups is 2. The molecule has 1 atom stereocenters. The minimum absolute atomic E-state index is 0. The molecular weight excluding hydrogens is 402 g/mol. The third kappa shape index (κ3) is 7.18. The number of thiophene rings is 1. The largest absolute Gasteiger partial charge is 0.352 e. The van der Waals surface area contributed by atoms with E-state index in [4.69, 9.17) is 0 Å². The van der Waals surface area contributed by atoms with Gasteiger partial charge < -0.3 is 16.0 Å². The molecule has 1 aliphatic rings. The molecule has 0 spiro atoms. The minimum Gasteiger partial charge on any atom is -0.352 e. The van der Waals surface area contributed by atoms with Gasteiger partial charge in [-0.1, -0.05) is 6.07 Å². The van der Waals surface area contributed by atoms with Crippen LogP contribution in [0.5, 0.6) is 0 Å². The Labute approximate surface area is 174 Å². The van der Waals surface area contributed by atoms with Crippen molar-refractivity contribution in [2.45, 2.75) is 17.1 Å². The molecule has 0 radical (unpaired) electrons. The SMILES string of the molecule is Cl.O=C(CSc1cccs1)Nc1ccc(C(=O)NCC2CCCNC2)cc1. The van der Waals surface area contributed by atoms with Crippen LogP contribution in [0.3, 0.4) is 0 Å². The lowest BCUT2D eigenvalue weighted by Gasteiger charge is -2.22. The topological polar surface area (TPSA) is 70.2 Å². The van der Waals surface area contributed by atoms with Gasteiger partial charge in [0.25, 0.3) is 5.91 Å². The number of anilines is 1. The highest BCUT2D eigenvalue weighted by Crippen LogP contribution is 2.23. The van der Waals surface area contributed by atoms with Crippen molar-refractivity contribution in [1.29, 1.82) is 0 Å². The molecule has 1 aliphatic heterocycles. The van der Waals surface area contributed by atoms with Gasteiger partial charge in [-0.3, -0.25) is 9.59 Å². The van der Waals surface area contributed by atoms with Crippen molar-refractivity contribution >= 4 is 53.0 Å². The summed E-state index contributed by atoms with van der Waals surface area (Å²) in [5.41, 5.74) is 1.31. The first-order valence-corrected chi connectivity index (χ1v) is 10.6. The minimum atomic E-state index is -0.0679. The van der Waals surface area contributed by atoms with Crippen molar-refractivity contribution in [2.75, 3.05) is 30.7 Å². The number of thioether (sulfide) groups is 1. The number of carbonyl (C=O) groups excluding carboxylic acids is 2. The van der Waals surface area contributed by atoms with E-state index < -0.39 is 0 Å². The summed E-state index contributed by atoms with van der Waals surface area (Å²) in [5.74, 6) is 0.761. The molecule has 3 rings (SSSR count). The number of hydrogen-bond donors (Lipinski definition) is 3. The van der Waals surface area contributed by atoms with E-state index in [0.717, 1.165) is 23.7 Å². The van der Waals surface area contributed by atoms with Crippen LogP contribution in [-0.4, -0.2) is 37.2 Å². The molecule has 1 aromatic carbocycles. The van der Waals surface area contributed by atoms with Gasteiger partial charge in [-0.2, -0.15) is 0 Å². The number of benzene rings is 1. The van der Waals surface area contributed by atoms with E-state index >= 15 is 0 Å². The van der Waals surface area contributed by atoms with Gasteiger partial charge >= 0.3 is 0 Å². The van der Waals surface area contributed by atoms with Crippen molar-refractivity contribution in [2.24, 2.45) is 5.92 Å². The molecule has 146 valence electrons. The van der Waals surface area contributed by atoms with Crippen LogP contribution in [0.1, 0.15) is 23.2 Å². The lowest BCUT2D eigenvalue weighted by Crippen LogP contribution is -2.38. The number of rotatable bonds is 7. The van der Waals surface area contributed by atoms with Crippen LogP contribution in [0.25, 0.3) is 0 Å². The molecule has 1 aromatic heterocycles. The summed E-state index contributed by atoms with van der Waals surface area (Å²) in [5, 5.41) is 11.2. The van der Waals surface area contributed by atoms with Crippen molar-refractivity contribution in [3.05, 3.63) is 47.3 Å². The van der Waals surface area contributed by atoms with E-state index in [1.165, 1.54) is 18.2 Å². The molecule has 5 nitrogen and oxygen atoms in total. The van der Waals surface area contributed by atoms with Crippen LogP contribution in [-0.2, 0) is 4.79 Å². The first kappa shape index (κ1) is 21.8. The van der Waals surface area contributed by atoms with E-state index in [1.54, 1.807) is 35.6 Å². The Hall–Kier alpha value is -1.54. The molecule has 2 aromatic rings. The number of hydrogen-bond acceptors (Lipinski definition) is 5. The Morgan fingerprint density at radius 3 is 2.70 bits per heavy atom. The molecule has 2 amide bonds. The molecule has 1 unspecified atom stereocenters. The summed E-state index contributed by atoms with van der Waals surface area (Å²) in [6.45, 7) is 2.74. The van der Waals surface area contributed by atoms with Crippen LogP contribution in [0.15, 0.2) is 46.0 Å². The fourth-order valence-electron chi connectivity index (χ4n) is 2.82.